The Hall–Kier alpha value is 0.0300. The molecule has 0 amide bonds. The quantitative estimate of drug-likeness (QED) is 0.194. The van der Waals surface area contributed by atoms with Crippen LogP contribution in [0.5, 0.6) is 0 Å². The molecule has 6 heteroatoms. The molecular formula is C16H20I3NO2. The van der Waals surface area contributed by atoms with E-state index >= 15 is 0 Å². The summed E-state index contributed by atoms with van der Waals surface area (Å²) in [5, 5.41) is 10.4. The van der Waals surface area contributed by atoms with Gasteiger partial charge < -0.3 is 0 Å². The summed E-state index contributed by atoms with van der Waals surface area (Å²) in [6, 6.07) is 13.7. The molecule has 2 rings (SSSR count). The maximum Gasteiger partial charge on any atom is 0.272 e. The highest BCUT2D eigenvalue weighted by Crippen LogP contribution is 2.18. The number of nitro benzene ring substituents is 1. The fourth-order valence-electron chi connectivity index (χ4n) is 1.55. The van der Waals surface area contributed by atoms with Gasteiger partial charge in [0.15, 0.2) is 0 Å². The Morgan fingerprint density at radius 2 is 1.18 bits per heavy atom. The van der Waals surface area contributed by atoms with Gasteiger partial charge in [-0.3, -0.25) is 10.1 Å². The number of aryl methyl sites for hydroxylation is 4. The van der Waals surface area contributed by atoms with Crippen LogP contribution in [0.2, 0.25) is 0 Å². The summed E-state index contributed by atoms with van der Waals surface area (Å²) in [6.07, 6.45) is 0. The first-order valence-electron chi connectivity index (χ1n) is 6.29. The van der Waals surface area contributed by atoms with Crippen molar-refractivity contribution in [3.05, 3.63) is 74.8 Å². The Bertz CT molecular complexity index is 551. The minimum Gasteiger partial charge on any atom is -0.258 e. The monoisotopic (exact) mass is 639 g/mol. The van der Waals surface area contributed by atoms with E-state index in [0.29, 0.717) is 5.56 Å². The number of benzene rings is 2. The number of nitro groups is 1. The maximum atomic E-state index is 10.4. The third kappa shape index (κ3) is 9.93. The van der Waals surface area contributed by atoms with E-state index < -0.39 is 0 Å². The summed E-state index contributed by atoms with van der Waals surface area (Å²) >= 11 is 4.24. The Morgan fingerprint density at radius 3 is 1.50 bits per heavy atom. The van der Waals surface area contributed by atoms with Gasteiger partial charge in [0.2, 0.25) is 0 Å². The van der Waals surface area contributed by atoms with Crippen molar-refractivity contribution >= 4 is 66.9 Å². The predicted octanol–water partition coefficient (Wildman–Crippen LogP) is 6.90. The topological polar surface area (TPSA) is 43.1 Å². The van der Waals surface area contributed by atoms with Crippen molar-refractivity contribution in [1.82, 2.24) is 0 Å². The van der Waals surface area contributed by atoms with Crippen LogP contribution >= 0.6 is 61.2 Å². The lowest BCUT2D eigenvalue weighted by molar-refractivity contribution is -0.385. The third-order valence-corrected chi connectivity index (χ3v) is 2.78. The average Bonchev–Trinajstić information content (AvgIpc) is 2.47. The van der Waals surface area contributed by atoms with Crippen molar-refractivity contribution in [3.63, 3.8) is 0 Å². The summed E-state index contributed by atoms with van der Waals surface area (Å²) < 4.78 is 0. The molecule has 0 fully saturated rings. The molecule has 0 N–H and O–H groups in total. The first-order valence-corrected chi connectivity index (χ1v) is 12.6. The van der Waals surface area contributed by atoms with Crippen LogP contribution in [0, 0.1) is 37.8 Å². The van der Waals surface area contributed by atoms with Gasteiger partial charge in [-0.15, -0.1) is 24.0 Å². The molecule has 0 aliphatic carbocycles. The van der Waals surface area contributed by atoms with E-state index in [0.717, 1.165) is 5.56 Å². The Balaban J connectivity index is 0. The third-order valence-electron chi connectivity index (χ3n) is 2.78. The van der Waals surface area contributed by atoms with Crippen molar-refractivity contribution in [3.8, 4) is 0 Å². The van der Waals surface area contributed by atoms with E-state index in [1.54, 1.807) is 19.1 Å². The van der Waals surface area contributed by atoms with Gasteiger partial charge in [-0.1, -0.05) is 47.5 Å². The standard InChI is InChI=1S/C8H9NO2.C8H10.I2.HI/c1-6-3-4-7(2)8(5-6)9(10)11;1-7-3-5-8(2)6-4-7;1-2;/h3-5H,1-2H3;3-6H,1-2H3;;1H. The van der Waals surface area contributed by atoms with Crippen molar-refractivity contribution in [2.45, 2.75) is 27.7 Å². The average molecular weight is 639 g/mol. The number of hydrogen-bond donors (Lipinski definition) is 0. The van der Waals surface area contributed by atoms with E-state index in [4.69, 9.17) is 0 Å². The largest absolute Gasteiger partial charge is 0.272 e. The van der Waals surface area contributed by atoms with Crippen LogP contribution < -0.4 is 0 Å². The minimum atomic E-state index is -0.359. The Labute approximate surface area is 172 Å². The van der Waals surface area contributed by atoms with Gasteiger partial charge in [-0.05, 0) is 33.3 Å². The normalized spacial score (nSPS) is 8.45. The zero-order valence-corrected chi connectivity index (χ0v) is 19.6. The molecule has 0 aliphatic rings. The van der Waals surface area contributed by atoms with E-state index in [2.05, 4.69) is 75.3 Å². The molecule has 0 heterocycles. The smallest absolute Gasteiger partial charge is 0.258 e. The van der Waals surface area contributed by atoms with Gasteiger partial charge in [0.1, 0.15) is 0 Å². The van der Waals surface area contributed by atoms with Crippen molar-refractivity contribution < 1.29 is 4.92 Å². The fraction of sp³-hybridized carbons (Fsp3) is 0.250. The van der Waals surface area contributed by atoms with Gasteiger partial charge in [-0.2, -0.15) is 0 Å². The second kappa shape index (κ2) is 13.5. The Morgan fingerprint density at radius 1 is 0.818 bits per heavy atom. The summed E-state index contributed by atoms with van der Waals surface area (Å²) in [4.78, 5) is 10.0. The van der Waals surface area contributed by atoms with E-state index in [-0.39, 0.29) is 34.6 Å². The summed E-state index contributed by atoms with van der Waals surface area (Å²) in [5.41, 5.74) is 4.49. The molecule has 0 spiro atoms. The molecule has 0 atom stereocenters. The highest BCUT2D eigenvalue weighted by Gasteiger charge is 2.08. The predicted molar refractivity (Wildman–Crippen MR) is 122 cm³/mol. The van der Waals surface area contributed by atoms with Crippen LogP contribution in [0.25, 0.3) is 0 Å². The minimum absolute atomic E-state index is 0. The van der Waals surface area contributed by atoms with Gasteiger partial charge >= 0.3 is 0 Å². The lowest BCUT2D eigenvalue weighted by Gasteiger charge is -1.96. The second-order valence-corrected chi connectivity index (χ2v) is 4.70. The van der Waals surface area contributed by atoms with Crippen LogP contribution in [0.4, 0.5) is 5.69 Å². The molecule has 3 nitrogen and oxygen atoms in total. The molecule has 2 aromatic rings. The van der Waals surface area contributed by atoms with E-state index in [9.17, 15) is 10.1 Å². The van der Waals surface area contributed by atoms with Crippen LogP contribution in [-0.2, 0) is 0 Å². The molecule has 0 unspecified atom stereocenters. The van der Waals surface area contributed by atoms with E-state index in [1.165, 1.54) is 11.1 Å². The molecule has 0 bridgehead atoms. The van der Waals surface area contributed by atoms with Gasteiger partial charge in [0.05, 0.1) is 4.92 Å². The highest BCUT2D eigenvalue weighted by atomic mass is 128. The van der Waals surface area contributed by atoms with Crippen molar-refractivity contribution in [2.24, 2.45) is 0 Å². The van der Waals surface area contributed by atoms with Crippen molar-refractivity contribution in [1.29, 1.82) is 0 Å². The molecule has 0 saturated carbocycles. The number of rotatable bonds is 1. The number of nitrogens with zero attached hydrogens (tertiary/aromatic N) is 1. The molecule has 0 saturated heterocycles. The zero-order chi connectivity index (χ0) is 16.4. The zero-order valence-electron chi connectivity index (χ0n) is 13.0. The second-order valence-electron chi connectivity index (χ2n) is 4.70. The molecule has 0 aliphatic heterocycles. The van der Waals surface area contributed by atoms with Crippen LogP contribution in [0.15, 0.2) is 42.5 Å². The number of hydrogen-bond acceptors (Lipinski definition) is 2. The first-order chi connectivity index (χ1) is 9.90. The number of halogens is 3. The summed E-state index contributed by atoms with van der Waals surface area (Å²) in [5.74, 6) is 0. The van der Waals surface area contributed by atoms with E-state index in [1.807, 2.05) is 13.0 Å². The molecule has 22 heavy (non-hydrogen) atoms. The molecule has 0 aromatic heterocycles. The van der Waals surface area contributed by atoms with Gasteiger partial charge in [0.25, 0.3) is 5.69 Å². The summed E-state index contributed by atoms with van der Waals surface area (Å²) in [7, 11) is 0. The lowest BCUT2D eigenvalue weighted by atomic mass is 10.1. The van der Waals surface area contributed by atoms with Crippen LogP contribution in [-0.4, -0.2) is 4.92 Å². The van der Waals surface area contributed by atoms with Crippen molar-refractivity contribution in [2.75, 3.05) is 0 Å². The van der Waals surface area contributed by atoms with Crippen LogP contribution in [0.3, 0.4) is 0 Å². The van der Waals surface area contributed by atoms with Crippen LogP contribution in [0.1, 0.15) is 22.3 Å². The SMILES string of the molecule is Cc1ccc(C)c([N+](=O)[O-])c1.Cc1ccc(C)cc1.I.II. The molecule has 0 radical (unpaired) electrons. The highest BCUT2D eigenvalue weighted by molar-refractivity contribution is 15.0. The first kappa shape index (κ1) is 24.3. The maximum absolute atomic E-state index is 10.4. The molecule has 122 valence electrons. The molecule has 2 aromatic carbocycles. The van der Waals surface area contributed by atoms with Gasteiger partial charge in [0, 0.05) is 48.9 Å². The van der Waals surface area contributed by atoms with Gasteiger partial charge in [-0.25, -0.2) is 0 Å². The summed E-state index contributed by atoms with van der Waals surface area (Å²) in [6.45, 7) is 7.77. The lowest BCUT2D eigenvalue weighted by Crippen LogP contribution is -1.91. The Kier molecular flexibility index (Phi) is 14.9. The molecular weight excluding hydrogens is 619 g/mol. The fourth-order valence-corrected chi connectivity index (χ4v) is 1.55.